The van der Waals surface area contributed by atoms with E-state index >= 15 is 0 Å². The van der Waals surface area contributed by atoms with Crippen LogP contribution in [0.4, 0.5) is 0 Å². The van der Waals surface area contributed by atoms with Crippen molar-refractivity contribution in [3.05, 3.63) is 0 Å². The Kier molecular flexibility index (Phi) is 6.25. The topological polar surface area (TPSA) is 53.5 Å². The average Bonchev–Trinajstić information content (AvgIpc) is 2.55. The van der Waals surface area contributed by atoms with Crippen molar-refractivity contribution < 1.29 is 40.6 Å². The fourth-order valence-corrected chi connectivity index (χ4v) is 2.39. The molecule has 0 saturated carbocycles. The molecular weight excluding hydrogens is 211 g/mol. The van der Waals surface area contributed by atoms with E-state index in [1.807, 2.05) is 0 Å². The van der Waals surface area contributed by atoms with Gasteiger partial charge in [0.1, 0.15) is 12.6 Å². The predicted molar refractivity (Wildman–Crippen MR) is 41.0 cm³/mol. The molecular formula is C8H18Cl2N2O. The van der Waals surface area contributed by atoms with Gasteiger partial charge in [0.05, 0.1) is 25.0 Å². The average molecular weight is 229 g/mol. The van der Waals surface area contributed by atoms with Gasteiger partial charge in [-0.3, -0.25) is 0 Å². The molecule has 0 bridgehead atoms. The van der Waals surface area contributed by atoms with Gasteiger partial charge in [-0.2, -0.15) is 0 Å². The second kappa shape index (κ2) is 6.04. The van der Waals surface area contributed by atoms with Gasteiger partial charge in [-0.05, 0) is 0 Å². The fourth-order valence-electron chi connectivity index (χ4n) is 2.39. The van der Waals surface area contributed by atoms with Crippen LogP contribution >= 0.6 is 0 Å². The first kappa shape index (κ1) is 13.5. The summed E-state index contributed by atoms with van der Waals surface area (Å²) in [5.74, 6) is 0.868. The highest BCUT2D eigenvalue weighted by Gasteiger charge is 2.36. The SMILES string of the molecule is O[C@H]1C[NH2+][C@H]([C@H]2CC[NH2+]C2)C1.[Cl-].[Cl-]. The first-order valence-corrected chi connectivity index (χ1v) is 4.69. The largest absolute Gasteiger partial charge is 1.00 e. The minimum absolute atomic E-state index is 0. The van der Waals surface area contributed by atoms with Crippen molar-refractivity contribution >= 4 is 0 Å². The molecule has 0 aromatic rings. The van der Waals surface area contributed by atoms with Crippen LogP contribution in [0.15, 0.2) is 0 Å². The molecule has 0 aromatic heterocycles. The van der Waals surface area contributed by atoms with Crippen molar-refractivity contribution in [3.63, 3.8) is 0 Å². The van der Waals surface area contributed by atoms with Crippen LogP contribution in [0, 0.1) is 5.92 Å². The zero-order chi connectivity index (χ0) is 7.68. The van der Waals surface area contributed by atoms with Gasteiger partial charge in [-0.15, -0.1) is 0 Å². The third-order valence-electron chi connectivity index (χ3n) is 3.07. The van der Waals surface area contributed by atoms with E-state index in [1.165, 1.54) is 19.5 Å². The highest BCUT2D eigenvalue weighted by Crippen LogP contribution is 2.13. The molecule has 0 unspecified atom stereocenters. The molecule has 0 radical (unpaired) electrons. The predicted octanol–water partition coefficient (Wildman–Crippen LogP) is -8.73. The molecule has 5 heteroatoms. The second-order valence-electron chi connectivity index (χ2n) is 3.89. The normalized spacial score (nSPS) is 38.1. The van der Waals surface area contributed by atoms with Gasteiger partial charge >= 0.3 is 0 Å². The van der Waals surface area contributed by atoms with E-state index in [0.29, 0.717) is 0 Å². The molecule has 3 nitrogen and oxygen atoms in total. The van der Waals surface area contributed by atoms with Gasteiger partial charge in [-0.25, -0.2) is 0 Å². The smallest absolute Gasteiger partial charge is 0.108 e. The zero-order valence-electron chi connectivity index (χ0n) is 7.63. The Morgan fingerprint density at radius 2 is 1.92 bits per heavy atom. The van der Waals surface area contributed by atoms with Crippen molar-refractivity contribution in [3.8, 4) is 0 Å². The number of hydrogen-bond acceptors (Lipinski definition) is 1. The van der Waals surface area contributed by atoms with E-state index in [0.717, 1.165) is 24.9 Å². The first-order chi connectivity index (χ1) is 5.36. The van der Waals surface area contributed by atoms with Crippen LogP contribution in [0.5, 0.6) is 0 Å². The molecule has 2 saturated heterocycles. The van der Waals surface area contributed by atoms with Crippen LogP contribution in [0.25, 0.3) is 0 Å². The Balaban J connectivity index is 0.000000720. The van der Waals surface area contributed by atoms with Crippen LogP contribution < -0.4 is 35.4 Å². The Hall–Kier alpha value is 0.460. The summed E-state index contributed by atoms with van der Waals surface area (Å²) >= 11 is 0. The highest BCUT2D eigenvalue weighted by atomic mass is 35.5. The van der Waals surface area contributed by atoms with E-state index < -0.39 is 0 Å². The molecule has 0 aliphatic carbocycles. The summed E-state index contributed by atoms with van der Waals surface area (Å²) in [4.78, 5) is 0. The molecule has 0 spiro atoms. The molecule has 2 fully saturated rings. The minimum atomic E-state index is -0.0272. The van der Waals surface area contributed by atoms with Gasteiger partial charge in [0, 0.05) is 12.8 Å². The van der Waals surface area contributed by atoms with Crippen LogP contribution in [0.1, 0.15) is 12.8 Å². The van der Waals surface area contributed by atoms with Crippen LogP contribution in [0.3, 0.4) is 0 Å². The molecule has 0 amide bonds. The van der Waals surface area contributed by atoms with Gasteiger partial charge in [0.25, 0.3) is 0 Å². The molecule has 80 valence electrons. The third kappa shape index (κ3) is 3.26. The number of nitrogens with two attached hydrogens (primary N) is 2. The third-order valence-corrected chi connectivity index (χ3v) is 3.07. The lowest BCUT2D eigenvalue weighted by molar-refractivity contribution is -0.687. The number of halogens is 2. The summed E-state index contributed by atoms with van der Waals surface area (Å²) < 4.78 is 0. The Bertz CT molecular complexity index is 142. The van der Waals surface area contributed by atoms with Gasteiger partial charge in [0.2, 0.25) is 0 Å². The van der Waals surface area contributed by atoms with Gasteiger partial charge in [-0.1, -0.05) is 0 Å². The van der Waals surface area contributed by atoms with Crippen molar-refractivity contribution in [2.24, 2.45) is 5.92 Å². The summed E-state index contributed by atoms with van der Waals surface area (Å²) in [7, 11) is 0. The summed E-state index contributed by atoms with van der Waals surface area (Å²) in [5, 5.41) is 14.0. The molecule has 2 aliphatic rings. The summed E-state index contributed by atoms with van der Waals surface area (Å²) in [6.45, 7) is 3.51. The summed E-state index contributed by atoms with van der Waals surface area (Å²) in [6.07, 6.45) is 2.35. The monoisotopic (exact) mass is 228 g/mol. The molecule has 2 heterocycles. The zero-order valence-corrected chi connectivity index (χ0v) is 9.14. The summed E-state index contributed by atoms with van der Waals surface area (Å²) in [5.41, 5.74) is 0. The van der Waals surface area contributed by atoms with Gasteiger partial charge < -0.3 is 40.6 Å². The quantitative estimate of drug-likeness (QED) is 0.411. The maximum Gasteiger partial charge on any atom is 0.108 e. The van der Waals surface area contributed by atoms with E-state index in [-0.39, 0.29) is 30.9 Å². The Morgan fingerprint density at radius 1 is 1.15 bits per heavy atom. The lowest BCUT2D eigenvalue weighted by Gasteiger charge is -2.10. The van der Waals surface area contributed by atoms with Crippen molar-refractivity contribution in [2.75, 3.05) is 19.6 Å². The molecule has 0 aromatic carbocycles. The van der Waals surface area contributed by atoms with Crippen LogP contribution in [0.2, 0.25) is 0 Å². The number of quaternary nitrogens is 2. The highest BCUT2D eigenvalue weighted by molar-refractivity contribution is 4.76. The Labute approximate surface area is 91.5 Å². The lowest BCUT2D eigenvalue weighted by Crippen LogP contribution is -3.00. The fraction of sp³-hybridized carbons (Fsp3) is 1.00. The van der Waals surface area contributed by atoms with Crippen LogP contribution in [-0.4, -0.2) is 36.9 Å². The first-order valence-electron chi connectivity index (χ1n) is 4.69. The minimum Gasteiger partial charge on any atom is -1.00 e. The Morgan fingerprint density at radius 3 is 2.38 bits per heavy atom. The number of aliphatic hydroxyl groups excluding tert-OH is 1. The van der Waals surface area contributed by atoms with Crippen molar-refractivity contribution in [2.45, 2.75) is 25.0 Å². The van der Waals surface area contributed by atoms with E-state index in [9.17, 15) is 5.11 Å². The maximum atomic E-state index is 9.32. The van der Waals surface area contributed by atoms with E-state index in [4.69, 9.17) is 0 Å². The second-order valence-corrected chi connectivity index (χ2v) is 3.89. The number of aliphatic hydroxyl groups is 1. The van der Waals surface area contributed by atoms with Crippen molar-refractivity contribution in [1.82, 2.24) is 0 Å². The molecule has 5 N–H and O–H groups in total. The molecule has 2 aliphatic heterocycles. The standard InChI is InChI=1S/C8H16N2O.2ClH/c11-7-3-8(10-5-7)6-1-2-9-4-6;;/h6-11H,1-5H2;2*1H/t6-,7+,8-;;/m0../s1. The van der Waals surface area contributed by atoms with Crippen LogP contribution in [-0.2, 0) is 0 Å². The number of hydrogen-bond donors (Lipinski definition) is 3. The molecule has 13 heavy (non-hydrogen) atoms. The number of rotatable bonds is 1. The molecule has 2 rings (SSSR count). The van der Waals surface area contributed by atoms with E-state index in [2.05, 4.69) is 10.6 Å². The van der Waals surface area contributed by atoms with Crippen molar-refractivity contribution in [1.29, 1.82) is 0 Å². The van der Waals surface area contributed by atoms with E-state index in [1.54, 1.807) is 0 Å². The summed E-state index contributed by atoms with van der Waals surface area (Å²) in [6, 6.07) is 0.726. The molecule has 3 atom stereocenters. The lowest BCUT2D eigenvalue weighted by atomic mass is 9.97. The maximum absolute atomic E-state index is 9.32. The van der Waals surface area contributed by atoms with Gasteiger partial charge in [0.15, 0.2) is 0 Å².